The summed E-state index contributed by atoms with van der Waals surface area (Å²) in [6.07, 6.45) is 5.94. The van der Waals surface area contributed by atoms with Crippen molar-refractivity contribution in [3.05, 3.63) is 35.9 Å². The molecule has 2 saturated carbocycles. The van der Waals surface area contributed by atoms with Crippen molar-refractivity contribution in [3.63, 3.8) is 0 Å². The Morgan fingerprint density at radius 3 is 2.74 bits per heavy atom. The molecule has 0 bridgehead atoms. The number of rotatable bonds is 4. The van der Waals surface area contributed by atoms with E-state index in [1.54, 1.807) is 0 Å². The number of carbonyl (C=O) groups excluding carboxylic acids is 1. The molecule has 5 rings (SSSR count). The molecule has 0 N–H and O–H groups in total. The van der Waals surface area contributed by atoms with E-state index in [4.69, 9.17) is 9.47 Å². The van der Waals surface area contributed by atoms with Gasteiger partial charge in [0.1, 0.15) is 6.10 Å². The lowest BCUT2D eigenvalue weighted by Gasteiger charge is -2.51. The highest BCUT2D eigenvalue weighted by Crippen LogP contribution is 2.62. The van der Waals surface area contributed by atoms with Gasteiger partial charge in [-0.05, 0) is 56.0 Å². The third-order valence-corrected chi connectivity index (χ3v) is 7.88. The van der Waals surface area contributed by atoms with Gasteiger partial charge < -0.3 is 14.4 Å². The Labute approximate surface area is 162 Å². The number of fused-ring (bicyclic) bond motifs is 3. The van der Waals surface area contributed by atoms with E-state index in [9.17, 15) is 4.79 Å². The molecule has 1 spiro atoms. The summed E-state index contributed by atoms with van der Waals surface area (Å²) in [5.74, 6) is 0.980. The van der Waals surface area contributed by atoms with Gasteiger partial charge in [0, 0.05) is 19.0 Å². The molecule has 4 nitrogen and oxygen atoms in total. The monoisotopic (exact) mass is 369 g/mol. The number of hydrogen-bond donors (Lipinski definition) is 0. The second-order valence-corrected chi connectivity index (χ2v) is 9.78. The summed E-state index contributed by atoms with van der Waals surface area (Å²) < 4.78 is 11.9. The van der Waals surface area contributed by atoms with Gasteiger partial charge in [-0.3, -0.25) is 4.79 Å². The SMILES string of the molecule is CN(Cc1ccccc1)CC1C(=O)OC2CC3(C)CCCC4(CO4)C3CC21. The van der Waals surface area contributed by atoms with Crippen molar-refractivity contribution < 1.29 is 14.3 Å². The molecule has 1 aromatic rings. The van der Waals surface area contributed by atoms with Crippen molar-refractivity contribution in [2.75, 3.05) is 20.2 Å². The molecule has 2 aliphatic carbocycles. The molecule has 2 aliphatic heterocycles. The van der Waals surface area contributed by atoms with Crippen LogP contribution in [-0.2, 0) is 20.8 Å². The molecule has 6 unspecified atom stereocenters. The predicted octanol–water partition coefficient (Wildman–Crippen LogP) is 3.65. The Morgan fingerprint density at radius 2 is 2.00 bits per heavy atom. The van der Waals surface area contributed by atoms with Gasteiger partial charge in [0.25, 0.3) is 0 Å². The topological polar surface area (TPSA) is 42.1 Å². The van der Waals surface area contributed by atoms with Crippen LogP contribution in [0.3, 0.4) is 0 Å². The molecule has 0 aromatic heterocycles. The maximum absolute atomic E-state index is 12.7. The van der Waals surface area contributed by atoms with Crippen molar-refractivity contribution in [3.8, 4) is 0 Å². The number of hydrogen-bond acceptors (Lipinski definition) is 4. The first-order valence-electron chi connectivity index (χ1n) is 10.6. The van der Waals surface area contributed by atoms with Gasteiger partial charge in [0.05, 0.1) is 18.1 Å². The minimum atomic E-state index is 0.00555. The maximum atomic E-state index is 12.7. The van der Waals surface area contributed by atoms with E-state index >= 15 is 0 Å². The van der Waals surface area contributed by atoms with Crippen molar-refractivity contribution in [2.45, 2.75) is 57.3 Å². The normalized spacial score (nSPS) is 42.7. The van der Waals surface area contributed by atoms with Crippen molar-refractivity contribution >= 4 is 5.97 Å². The van der Waals surface area contributed by atoms with Crippen LogP contribution in [0.4, 0.5) is 0 Å². The second-order valence-electron chi connectivity index (χ2n) is 9.78. The van der Waals surface area contributed by atoms with Gasteiger partial charge in [-0.25, -0.2) is 0 Å². The number of ether oxygens (including phenoxy) is 2. The number of nitrogens with zero attached hydrogens (tertiary/aromatic N) is 1. The first kappa shape index (κ1) is 17.7. The zero-order valence-electron chi connectivity index (χ0n) is 16.5. The molecule has 146 valence electrons. The van der Waals surface area contributed by atoms with Gasteiger partial charge >= 0.3 is 5.97 Å². The van der Waals surface area contributed by atoms with Gasteiger partial charge in [-0.2, -0.15) is 0 Å². The van der Waals surface area contributed by atoms with Gasteiger partial charge in [-0.15, -0.1) is 0 Å². The van der Waals surface area contributed by atoms with Crippen LogP contribution in [-0.4, -0.2) is 42.8 Å². The lowest BCUT2D eigenvalue weighted by Crippen LogP contribution is -2.51. The minimum absolute atomic E-state index is 0.00555. The Bertz CT molecular complexity index is 716. The summed E-state index contributed by atoms with van der Waals surface area (Å²) in [5.41, 5.74) is 1.70. The smallest absolute Gasteiger partial charge is 0.310 e. The summed E-state index contributed by atoms with van der Waals surface area (Å²) in [6.45, 7) is 5.00. The molecule has 1 aromatic carbocycles. The molecule has 6 atom stereocenters. The molecular formula is C23H31NO3. The van der Waals surface area contributed by atoms with E-state index in [1.165, 1.54) is 24.8 Å². The predicted molar refractivity (Wildman–Crippen MR) is 103 cm³/mol. The van der Waals surface area contributed by atoms with Crippen LogP contribution in [0.1, 0.15) is 44.6 Å². The van der Waals surface area contributed by atoms with Crippen LogP contribution < -0.4 is 0 Å². The first-order valence-corrected chi connectivity index (χ1v) is 10.6. The number of epoxide rings is 1. The Kier molecular flexibility index (Phi) is 4.14. The van der Waals surface area contributed by atoms with Crippen molar-refractivity contribution in [1.82, 2.24) is 4.90 Å². The first-order chi connectivity index (χ1) is 13.0. The van der Waals surface area contributed by atoms with Crippen LogP contribution in [0.5, 0.6) is 0 Å². The number of esters is 1. The van der Waals surface area contributed by atoms with Crippen LogP contribution in [0.2, 0.25) is 0 Å². The molecule has 4 heteroatoms. The van der Waals surface area contributed by atoms with Gasteiger partial charge in [0.15, 0.2) is 0 Å². The molecule has 4 aliphatic rings. The van der Waals surface area contributed by atoms with Crippen LogP contribution in [0.25, 0.3) is 0 Å². The van der Waals surface area contributed by atoms with E-state index in [1.807, 2.05) is 6.07 Å². The summed E-state index contributed by atoms with van der Waals surface area (Å²) in [4.78, 5) is 15.0. The minimum Gasteiger partial charge on any atom is -0.462 e. The molecule has 0 radical (unpaired) electrons. The fourth-order valence-electron chi connectivity index (χ4n) is 6.46. The standard InChI is InChI=1S/C23H31NO3/c1-22-9-6-10-23(15-26-23)20(22)11-17-18(21(25)27-19(17)12-22)14-24(2)13-16-7-4-3-5-8-16/h3-5,7-8,17-20H,6,9-15H2,1-2H3. The Hall–Kier alpha value is -1.39. The fourth-order valence-corrected chi connectivity index (χ4v) is 6.46. The lowest BCUT2D eigenvalue weighted by atomic mass is 9.53. The quantitative estimate of drug-likeness (QED) is 0.600. The number of carbonyl (C=O) groups is 1. The van der Waals surface area contributed by atoms with Crippen LogP contribution >= 0.6 is 0 Å². The van der Waals surface area contributed by atoms with Gasteiger partial charge in [-0.1, -0.05) is 37.3 Å². The van der Waals surface area contributed by atoms with E-state index in [2.05, 4.69) is 43.1 Å². The van der Waals surface area contributed by atoms with E-state index < -0.39 is 0 Å². The molecule has 2 heterocycles. The molecule has 0 amide bonds. The highest BCUT2D eigenvalue weighted by molar-refractivity contribution is 5.75. The summed E-state index contributed by atoms with van der Waals surface area (Å²) in [5, 5.41) is 0. The highest BCUT2D eigenvalue weighted by Gasteiger charge is 2.65. The van der Waals surface area contributed by atoms with E-state index in [0.717, 1.165) is 32.5 Å². The zero-order valence-corrected chi connectivity index (χ0v) is 16.5. The third kappa shape index (κ3) is 3.01. The largest absolute Gasteiger partial charge is 0.462 e. The van der Waals surface area contributed by atoms with E-state index in [-0.39, 0.29) is 29.0 Å². The fraction of sp³-hybridized carbons (Fsp3) is 0.696. The average molecular weight is 370 g/mol. The number of benzene rings is 1. The van der Waals surface area contributed by atoms with Crippen molar-refractivity contribution in [1.29, 1.82) is 0 Å². The third-order valence-electron chi connectivity index (χ3n) is 7.88. The highest BCUT2D eigenvalue weighted by atomic mass is 16.6. The maximum Gasteiger partial charge on any atom is 0.310 e. The summed E-state index contributed by atoms with van der Waals surface area (Å²) in [6, 6.07) is 10.5. The summed E-state index contributed by atoms with van der Waals surface area (Å²) >= 11 is 0. The second kappa shape index (κ2) is 6.31. The Morgan fingerprint density at radius 1 is 1.22 bits per heavy atom. The molecule has 27 heavy (non-hydrogen) atoms. The van der Waals surface area contributed by atoms with Gasteiger partial charge in [0.2, 0.25) is 0 Å². The zero-order chi connectivity index (χ0) is 18.6. The lowest BCUT2D eigenvalue weighted by molar-refractivity contribution is -0.147. The van der Waals surface area contributed by atoms with Crippen molar-refractivity contribution in [2.24, 2.45) is 23.2 Å². The Balaban J connectivity index is 1.31. The summed E-state index contributed by atoms with van der Waals surface area (Å²) in [7, 11) is 2.12. The average Bonchev–Trinajstić information content (AvgIpc) is 3.34. The van der Waals surface area contributed by atoms with Crippen LogP contribution in [0, 0.1) is 23.2 Å². The van der Waals surface area contributed by atoms with Crippen LogP contribution in [0.15, 0.2) is 30.3 Å². The molecule has 2 saturated heterocycles. The molecular weight excluding hydrogens is 338 g/mol. The molecule has 4 fully saturated rings. The van der Waals surface area contributed by atoms with E-state index in [0.29, 0.717) is 11.8 Å².